The summed E-state index contributed by atoms with van der Waals surface area (Å²) in [6, 6.07) is 22.6. The average Bonchev–Trinajstić information content (AvgIpc) is 3.81. The molecule has 1 N–H and O–H groups in total. The molecule has 0 aromatic heterocycles. The number of alkyl halides is 3. The highest BCUT2D eigenvalue weighted by Crippen LogP contribution is 2.42. The van der Waals surface area contributed by atoms with Crippen molar-refractivity contribution in [1.82, 2.24) is 5.32 Å². The molecule has 2 saturated carbocycles. The SMILES string of the molecule is O=C(c1cccc(C2CC2NCC2CC2)c1)N(OC(=O)C(F)(F)F)c1cccc(-c2ccccc2)c1. The van der Waals surface area contributed by atoms with Gasteiger partial charge >= 0.3 is 12.1 Å². The van der Waals surface area contributed by atoms with Gasteiger partial charge < -0.3 is 10.2 Å². The Morgan fingerprint density at radius 3 is 2.36 bits per heavy atom. The largest absolute Gasteiger partial charge is 0.493 e. The van der Waals surface area contributed by atoms with Crippen LogP contribution in [0.15, 0.2) is 78.9 Å². The summed E-state index contributed by atoms with van der Waals surface area (Å²) in [6.45, 7) is 0.985. The summed E-state index contributed by atoms with van der Waals surface area (Å²) in [6.07, 6.45) is -1.80. The Morgan fingerprint density at radius 2 is 1.64 bits per heavy atom. The second-order valence-electron chi connectivity index (χ2n) is 9.32. The maximum atomic E-state index is 13.4. The van der Waals surface area contributed by atoms with Gasteiger partial charge in [0, 0.05) is 17.5 Å². The molecule has 2 unspecified atom stereocenters. The number of carbonyl (C=O) groups excluding carboxylic acids is 2. The monoisotopic (exact) mass is 494 g/mol. The molecule has 0 saturated heterocycles. The van der Waals surface area contributed by atoms with Crippen molar-refractivity contribution in [3.63, 3.8) is 0 Å². The van der Waals surface area contributed by atoms with E-state index in [9.17, 15) is 22.8 Å². The molecule has 186 valence electrons. The number of nitrogens with one attached hydrogen (secondary N) is 1. The minimum absolute atomic E-state index is 0.0137. The number of amides is 1. The summed E-state index contributed by atoms with van der Waals surface area (Å²) in [5, 5.41) is 3.97. The van der Waals surface area contributed by atoms with Gasteiger partial charge in [0.2, 0.25) is 0 Å². The lowest BCUT2D eigenvalue weighted by Crippen LogP contribution is -2.38. The Labute approximate surface area is 206 Å². The zero-order valence-electron chi connectivity index (χ0n) is 19.4. The maximum absolute atomic E-state index is 13.4. The molecule has 8 heteroatoms. The molecule has 1 amide bonds. The molecule has 0 heterocycles. The Morgan fingerprint density at radius 1 is 0.917 bits per heavy atom. The van der Waals surface area contributed by atoms with E-state index in [0.29, 0.717) is 16.7 Å². The molecule has 0 aliphatic heterocycles. The number of carbonyl (C=O) groups is 2. The van der Waals surface area contributed by atoms with E-state index < -0.39 is 18.1 Å². The first-order chi connectivity index (χ1) is 17.3. The van der Waals surface area contributed by atoms with Crippen LogP contribution in [0, 0.1) is 5.92 Å². The van der Waals surface area contributed by atoms with Crippen LogP contribution < -0.4 is 10.4 Å². The summed E-state index contributed by atoms with van der Waals surface area (Å²) in [5.74, 6) is -2.33. The fourth-order valence-corrected chi connectivity index (χ4v) is 4.24. The van der Waals surface area contributed by atoms with E-state index in [2.05, 4.69) is 10.2 Å². The molecule has 0 spiro atoms. The van der Waals surface area contributed by atoms with Gasteiger partial charge in [-0.3, -0.25) is 4.79 Å². The first kappa shape index (κ1) is 24.1. The van der Waals surface area contributed by atoms with E-state index in [1.807, 2.05) is 36.4 Å². The molecular formula is C28H25F3N2O3. The second kappa shape index (κ2) is 9.78. The van der Waals surface area contributed by atoms with E-state index in [1.54, 1.807) is 24.3 Å². The van der Waals surface area contributed by atoms with Crippen molar-refractivity contribution in [3.05, 3.63) is 90.0 Å². The number of benzene rings is 3. The fraction of sp³-hybridized carbons (Fsp3) is 0.286. The second-order valence-corrected chi connectivity index (χ2v) is 9.32. The number of rotatable bonds is 7. The number of hydrogen-bond donors (Lipinski definition) is 1. The first-order valence-electron chi connectivity index (χ1n) is 11.9. The van der Waals surface area contributed by atoms with E-state index >= 15 is 0 Å². The topological polar surface area (TPSA) is 58.6 Å². The zero-order valence-corrected chi connectivity index (χ0v) is 19.4. The van der Waals surface area contributed by atoms with Crippen LogP contribution >= 0.6 is 0 Å². The third kappa shape index (κ3) is 5.60. The average molecular weight is 495 g/mol. The molecule has 2 aliphatic carbocycles. The highest BCUT2D eigenvalue weighted by atomic mass is 19.4. The van der Waals surface area contributed by atoms with Crippen molar-refractivity contribution in [2.45, 2.75) is 37.4 Å². The Bertz CT molecular complexity index is 1260. The summed E-state index contributed by atoms with van der Waals surface area (Å²) in [7, 11) is 0. The smallest absolute Gasteiger partial charge is 0.324 e. The van der Waals surface area contributed by atoms with Gasteiger partial charge in [0.25, 0.3) is 5.91 Å². The summed E-state index contributed by atoms with van der Waals surface area (Å²) < 4.78 is 39.2. The predicted octanol–water partition coefficient (Wildman–Crippen LogP) is 5.88. The molecule has 2 aliphatic rings. The van der Waals surface area contributed by atoms with Gasteiger partial charge in [-0.25, -0.2) is 4.79 Å². The van der Waals surface area contributed by atoms with Crippen LogP contribution in [0.25, 0.3) is 11.1 Å². The van der Waals surface area contributed by atoms with Crippen molar-refractivity contribution in [1.29, 1.82) is 0 Å². The number of anilines is 1. The Balaban J connectivity index is 1.41. The molecule has 2 fully saturated rings. The molecule has 2 atom stereocenters. The van der Waals surface area contributed by atoms with Gasteiger partial charge in [-0.2, -0.15) is 13.2 Å². The fourth-order valence-electron chi connectivity index (χ4n) is 4.24. The molecule has 5 rings (SSSR count). The molecule has 0 bridgehead atoms. The van der Waals surface area contributed by atoms with Crippen molar-refractivity contribution in [2.75, 3.05) is 11.6 Å². The van der Waals surface area contributed by atoms with Crippen LogP contribution in [0.4, 0.5) is 18.9 Å². The molecule has 0 radical (unpaired) electrons. The number of hydrogen-bond acceptors (Lipinski definition) is 4. The van der Waals surface area contributed by atoms with Crippen LogP contribution in [0.1, 0.15) is 41.1 Å². The van der Waals surface area contributed by atoms with Gasteiger partial charge in [0.05, 0.1) is 5.69 Å². The molecule has 3 aromatic rings. The van der Waals surface area contributed by atoms with Gasteiger partial charge in [-0.15, -0.1) is 5.06 Å². The third-order valence-corrected chi connectivity index (χ3v) is 6.50. The standard InChI is InChI=1S/C28H25F3N2O3/c29-28(30,31)27(35)36-33(23-11-5-8-20(15-23)19-6-2-1-3-7-19)26(34)22-10-4-9-21(14-22)24-16-25(24)32-17-18-12-13-18/h1-11,14-15,18,24-25,32H,12-13,16-17H2. The normalized spacial score (nSPS) is 19.0. The van der Waals surface area contributed by atoms with Crippen LogP contribution in [0.5, 0.6) is 0 Å². The number of halogens is 3. The highest BCUT2D eigenvalue weighted by molar-refractivity contribution is 6.06. The highest BCUT2D eigenvalue weighted by Gasteiger charge is 2.44. The first-order valence-corrected chi connectivity index (χ1v) is 11.9. The Hall–Kier alpha value is -3.65. The zero-order chi connectivity index (χ0) is 25.3. The van der Waals surface area contributed by atoms with E-state index in [0.717, 1.165) is 30.0 Å². The predicted molar refractivity (Wildman–Crippen MR) is 129 cm³/mol. The minimum Gasteiger partial charge on any atom is -0.324 e. The number of hydroxylamine groups is 1. The van der Waals surface area contributed by atoms with Gasteiger partial charge in [0.15, 0.2) is 0 Å². The molecular weight excluding hydrogens is 469 g/mol. The van der Waals surface area contributed by atoms with E-state index in [4.69, 9.17) is 0 Å². The lowest BCUT2D eigenvalue weighted by atomic mass is 10.0. The maximum Gasteiger partial charge on any atom is 0.493 e. The quantitative estimate of drug-likeness (QED) is 0.417. The molecule has 36 heavy (non-hydrogen) atoms. The van der Waals surface area contributed by atoms with Gasteiger partial charge in [-0.1, -0.05) is 54.6 Å². The minimum atomic E-state index is -5.26. The van der Waals surface area contributed by atoms with E-state index in [1.165, 1.54) is 31.0 Å². The van der Waals surface area contributed by atoms with Crippen molar-refractivity contribution < 1.29 is 27.6 Å². The third-order valence-electron chi connectivity index (χ3n) is 6.50. The van der Waals surface area contributed by atoms with Crippen molar-refractivity contribution in [3.8, 4) is 11.1 Å². The molecule has 5 nitrogen and oxygen atoms in total. The van der Waals surface area contributed by atoms with Crippen LogP contribution in [0.2, 0.25) is 0 Å². The summed E-state index contributed by atoms with van der Waals surface area (Å²) in [4.78, 5) is 29.8. The van der Waals surface area contributed by atoms with Crippen molar-refractivity contribution in [2.24, 2.45) is 5.92 Å². The van der Waals surface area contributed by atoms with Gasteiger partial charge in [-0.05, 0) is 72.7 Å². The summed E-state index contributed by atoms with van der Waals surface area (Å²) >= 11 is 0. The van der Waals surface area contributed by atoms with Crippen LogP contribution in [-0.2, 0) is 9.63 Å². The van der Waals surface area contributed by atoms with E-state index in [-0.39, 0.29) is 17.2 Å². The van der Waals surface area contributed by atoms with Gasteiger partial charge in [0.1, 0.15) is 0 Å². The van der Waals surface area contributed by atoms with Crippen LogP contribution in [-0.4, -0.2) is 30.6 Å². The Kier molecular flexibility index (Phi) is 6.53. The number of nitrogens with zero attached hydrogens (tertiary/aromatic N) is 1. The summed E-state index contributed by atoms with van der Waals surface area (Å²) in [5.41, 5.74) is 2.54. The van der Waals surface area contributed by atoms with Crippen molar-refractivity contribution >= 4 is 17.6 Å². The molecule has 3 aromatic carbocycles. The van der Waals surface area contributed by atoms with Crippen LogP contribution in [0.3, 0.4) is 0 Å². The lowest BCUT2D eigenvalue weighted by molar-refractivity contribution is -0.199. The lowest BCUT2D eigenvalue weighted by Gasteiger charge is -2.22.